The van der Waals surface area contributed by atoms with Gasteiger partial charge < -0.3 is 4.40 Å². The van der Waals surface area contributed by atoms with Gasteiger partial charge in [0.2, 0.25) is 0 Å². The van der Waals surface area contributed by atoms with Crippen molar-refractivity contribution in [2.45, 2.75) is 47.0 Å². The maximum atomic E-state index is 12.8. The highest BCUT2D eigenvalue weighted by Crippen LogP contribution is 2.34. The van der Waals surface area contributed by atoms with E-state index in [9.17, 15) is 4.79 Å². The van der Waals surface area contributed by atoms with Crippen LogP contribution in [0.1, 0.15) is 57.5 Å². The molecule has 0 aliphatic rings. The van der Waals surface area contributed by atoms with Gasteiger partial charge in [-0.3, -0.25) is 4.79 Å². The number of hydrogen-bond donors (Lipinski definition) is 0. The summed E-state index contributed by atoms with van der Waals surface area (Å²) in [5.41, 5.74) is 2.60. The van der Waals surface area contributed by atoms with Crippen LogP contribution in [-0.2, 0) is 5.41 Å². The first-order valence-electron chi connectivity index (χ1n) is 6.77. The van der Waals surface area contributed by atoms with Gasteiger partial charge in [-0.05, 0) is 23.1 Å². The molecule has 0 N–H and O–H groups in total. The first kappa shape index (κ1) is 13.9. The van der Waals surface area contributed by atoms with Gasteiger partial charge in [0.05, 0.1) is 5.52 Å². The summed E-state index contributed by atoms with van der Waals surface area (Å²) < 4.78 is 2.06. The molecule has 0 bridgehead atoms. The molecule has 0 amide bonds. The van der Waals surface area contributed by atoms with Crippen molar-refractivity contribution in [3.63, 3.8) is 0 Å². The van der Waals surface area contributed by atoms with Crippen molar-refractivity contribution in [2.75, 3.05) is 0 Å². The van der Waals surface area contributed by atoms with E-state index in [1.807, 2.05) is 45.2 Å². The molecule has 0 unspecified atom stereocenters. The Bertz CT molecular complexity index is 621. The molecule has 2 heteroatoms. The molecule has 0 saturated heterocycles. The van der Waals surface area contributed by atoms with Crippen LogP contribution < -0.4 is 0 Å². The fourth-order valence-electron chi connectivity index (χ4n) is 2.30. The van der Waals surface area contributed by atoms with Crippen LogP contribution in [0.4, 0.5) is 0 Å². The van der Waals surface area contributed by atoms with Gasteiger partial charge in [-0.1, -0.05) is 47.6 Å². The fraction of sp³-hybridized carbons (Fsp3) is 0.471. The Morgan fingerprint density at radius 2 is 1.68 bits per heavy atom. The third-order valence-electron chi connectivity index (χ3n) is 3.40. The van der Waals surface area contributed by atoms with Crippen LogP contribution in [0.25, 0.3) is 5.52 Å². The summed E-state index contributed by atoms with van der Waals surface area (Å²) in [6, 6.07) is 6.00. The molecule has 0 aliphatic carbocycles. The SMILES string of the molecule is CC(C)(C)C(=O)c1c(C(C)(C)C)cn2ccccc12. The lowest BCUT2D eigenvalue weighted by molar-refractivity contribution is 0.0858. The number of aromatic nitrogens is 1. The first-order valence-corrected chi connectivity index (χ1v) is 6.77. The molecule has 2 rings (SSSR count). The second kappa shape index (κ2) is 4.22. The highest BCUT2D eigenvalue weighted by Gasteiger charge is 2.31. The predicted molar refractivity (Wildman–Crippen MR) is 79.9 cm³/mol. The van der Waals surface area contributed by atoms with Crippen LogP contribution in [0.2, 0.25) is 0 Å². The normalized spacial score (nSPS) is 12.9. The molecule has 2 aromatic rings. The monoisotopic (exact) mass is 257 g/mol. The smallest absolute Gasteiger partial charge is 0.170 e. The number of rotatable bonds is 1. The third kappa shape index (κ3) is 2.44. The minimum atomic E-state index is -0.363. The number of Topliss-reactive ketones (excluding diaryl/α,β-unsaturated/α-hetero) is 1. The van der Waals surface area contributed by atoms with Crippen LogP contribution in [0.15, 0.2) is 30.6 Å². The average molecular weight is 257 g/mol. The molecule has 2 heterocycles. The highest BCUT2D eigenvalue weighted by atomic mass is 16.1. The van der Waals surface area contributed by atoms with Crippen molar-refractivity contribution in [3.05, 3.63) is 41.7 Å². The lowest BCUT2D eigenvalue weighted by Gasteiger charge is -2.23. The maximum absolute atomic E-state index is 12.8. The number of ketones is 1. The van der Waals surface area contributed by atoms with Gasteiger partial charge in [0.25, 0.3) is 0 Å². The first-order chi connectivity index (χ1) is 8.62. The van der Waals surface area contributed by atoms with E-state index in [1.54, 1.807) is 0 Å². The van der Waals surface area contributed by atoms with E-state index in [4.69, 9.17) is 0 Å². The van der Waals surface area contributed by atoms with Crippen LogP contribution >= 0.6 is 0 Å². The van der Waals surface area contributed by atoms with Gasteiger partial charge in [0.1, 0.15) is 0 Å². The molecule has 0 spiro atoms. The van der Waals surface area contributed by atoms with E-state index in [2.05, 4.69) is 31.4 Å². The summed E-state index contributed by atoms with van der Waals surface area (Å²) in [6.07, 6.45) is 4.10. The summed E-state index contributed by atoms with van der Waals surface area (Å²) in [6.45, 7) is 12.4. The summed E-state index contributed by atoms with van der Waals surface area (Å²) in [7, 11) is 0. The van der Waals surface area contributed by atoms with Crippen molar-refractivity contribution in [2.24, 2.45) is 5.41 Å². The minimum Gasteiger partial charge on any atom is -0.323 e. The van der Waals surface area contributed by atoms with Crippen molar-refractivity contribution < 1.29 is 4.79 Å². The van der Waals surface area contributed by atoms with Crippen LogP contribution in [0, 0.1) is 5.41 Å². The second-order valence-corrected chi connectivity index (χ2v) is 7.24. The lowest BCUT2D eigenvalue weighted by atomic mass is 9.79. The van der Waals surface area contributed by atoms with Gasteiger partial charge in [0, 0.05) is 23.4 Å². The lowest BCUT2D eigenvalue weighted by Crippen LogP contribution is -2.24. The molecule has 19 heavy (non-hydrogen) atoms. The summed E-state index contributed by atoms with van der Waals surface area (Å²) in [5, 5.41) is 0. The van der Waals surface area contributed by atoms with Crippen LogP contribution in [0.5, 0.6) is 0 Å². The second-order valence-electron chi connectivity index (χ2n) is 7.24. The molecule has 0 aromatic carbocycles. The van der Waals surface area contributed by atoms with E-state index in [0.29, 0.717) is 0 Å². The minimum absolute atomic E-state index is 0.0394. The fourth-order valence-corrected chi connectivity index (χ4v) is 2.30. The Balaban J connectivity index is 2.79. The van der Waals surface area contributed by atoms with E-state index in [1.165, 1.54) is 0 Å². The van der Waals surface area contributed by atoms with Gasteiger partial charge in [-0.2, -0.15) is 0 Å². The van der Waals surface area contributed by atoms with Crippen molar-refractivity contribution in [1.82, 2.24) is 4.40 Å². The molecule has 0 aliphatic heterocycles. The molecule has 0 fully saturated rings. The quantitative estimate of drug-likeness (QED) is 0.691. The van der Waals surface area contributed by atoms with Gasteiger partial charge in [-0.25, -0.2) is 0 Å². The van der Waals surface area contributed by atoms with Crippen molar-refractivity contribution >= 4 is 11.3 Å². The zero-order valence-corrected chi connectivity index (χ0v) is 12.7. The Labute approximate surface area is 115 Å². The van der Waals surface area contributed by atoms with Gasteiger partial charge in [0.15, 0.2) is 5.78 Å². The van der Waals surface area contributed by atoms with E-state index in [-0.39, 0.29) is 16.6 Å². The Morgan fingerprint density at radius 1 is 1.05 bits per heavy atom. The molecular weight excluding hydrogens is 234 g/mol. The molecule has 102 valence electrons. The Morgan fingerprint density at radius 3 is 2.21 bits per heavy atom. The van der Waals surface area contributed by atoms with E-state index >= 15 is 0 Å². The van der Waals surface area contributed by atoms with Gasteiger partial charge >= 0.3 is 0 Å². The van der Waals surface area contributed by atoms with Gasteiger partial charge in [-0.15, -0.1) is 0 Å². The largest absolute Gasteiger partial charge is 0.323 e. The average Bonchev–Trinajstić information content (AvgIpc) is 2.65. The highest BCUT2D eigenvalue weighted by molar-refractivity contribution is 6.07. The molecule has 0 saturated carbocycles. The predicted octanol–water partition coefficient (Wildman–Crippen LogP) is 4.47. The number of carbonyl (C=O) groups excluding carboxylic acids is 1. The number of hydrogen-bond acceptors (Lipinski definition) is 1. The van der Waals surface area contributed by atoms with E-state index < -0.39 is 0 Å². The molecule has 2 nitrogen and oxygen atoms in total. The van der Waals surface area contributed by atoms with Crippen molar-refractivity contribution in [1.29, 1.82) is 0 Å². The zero-order valence-electron chi connectivity index (χ0n) is 12.7. The zero-order chi connectivity index (χ0) is 14.4. The standard InChI is InChI=1S/C17H23NO/c1-16(2,3)12-11-18-10-8-7-9-13(18)14(12)15(19)17(4,5)6/h7-11H,1-6H3. The van der Waals surface area contributed by atoms with Crippen LogP contribution in [0.3, 0.4) is 0 Å². The summed E-state index contributed by atoms with van der Waals surface area (Å²) in [5.74, 6) is 0.214. The third-order valence-corrected chi connectivity index (χ3v) is 3.40. The topological polar surface area (TPSA) is 21.5 Å². The number of pyridine rings is 1. The number of carbonyl (C=O) groups is 1. The molecule has 2 aromatic heterocycles. The summed E-state index contributed by atoms with van der Waals surface area (Å²) in [4.78, 5) is 12.8. The number of fused-ring (bicyclic) bond motifs is 1. The van der Waals surface area contributed by atoms with Crippen molar-refractivity contribution in [3.8, 4) is 0 Å². The van der Waals surface area contributed by atoms with E-state index in [0.717, 1.165) is 16.6 Å². The van der Waals surface area contributed by atoms with Crippen LogP contribution in [-0.4, -0.2) is 10.2 Å². The maximum Gasteiger partial charge on any atom is 0.170 e. The molecular formula is C17H23NO. The number of nitrogens with zero attached hydrogens (tertiary/aromatic N) is 1. The Hall–Kier alpha value is -1.57. The molecule has 0 radical (unpaired) electrons. The Kier molecular flexibility index (Phi) is 3.08. The molecule has 0 atom stereocenters. The summed E-state index contributed by atoms with van der Waals surface area (Å²) >= 11 is 0.